The van der Waals surface area contributed by atoms with Gasteiger partial charge in [0.25, 0.3) is 5.91 Å². The molecule has 1 unspecified atom stereocenters. The van der Waals surface area contributed by atoms with E-state index in [4.69, 9.17) is 16.3 Å². The zero-order valence-electron chi connectivity index (χ0n) is 28.8. The number of rotatable bonds is 2. The van der Waals surface area contributed by atoms with Crippen molar-refractivity contribution in [3.8, 4) is 5.75 Å². The number of fused-ring (bicyclic) bond motifs is 4. The van der Waals surface area contributed by atoms with Crippen molar-refractivity contribution in [1.82, 2.24) is 9.71 Å². The second kappa shape index (κ2) is 13.1. The molecule has 0 radical (unpaired) electrons. The van der Waals surface area contributed by atoms with Crippen molar-refractivity contribution in [2.75, 3.05) is 24.6 Å². The highest BCUT2D eigenvalue weighted by molar-refractivity contribution is 7.99. The lowest BCUT2D eigenvalue weighted by Crippen LogP contribution is -2.53. The monoisotopic (exact) mass is 701 g/mol. The summed E-state index contributed by atoms with van der Waals surface area (Å²) in [5, 5.41) is 13.0. The van der Waals surface area contributed by atoms with Gasteiger partial charge in [-0.1, -0.05) is 36.7 Å². The van der Waals surface area contributed by atoms with E-state index in [2.05, 4.69) is 45.6 Å². The molecule has 9 heteroatoms. The van der Waals surface area contributed by atoms with Crippen molar-refractivity contribution in [3.63, 3.8) is 0 Å². The molecular weight excluding hydrogens is 654 g/mol. The summed E-state index contributed by atoms with van der Waals surface area (Å²) in [7, 11) is -2.99. The van der Waals surface area contributed by atoms with Gasteiger partial charge in [0.2, 0.25) is 0 Å². The quantitative estimate of drug-likeness (QED) is 0.224. The van der Waals surface area contributed by atoms with Gasteiger partial charge in [0.05, 0.1) is 27.6 Å². The maximum Gasteiger partial charge on any atom is 0.262 e. The van der Waals surface area contributed by atoms with Crippen LogP contribution in [0.3, 0.4) is 0 Å². The fraction of sp³-hybridized carbons (Fsp3) is 0.475. The standard InChI is InChI=1S/C40H48ClN3O4S/c1-26-15-18-42-33(19-26)22-40(46)17-5-7-27(2)28(3)49(4,47)43-38(45)30-10-14-37-36(21-30)44(23-31-9-12-35(31)40)24-39(25-48-37)16-6-8-29-20-32(41)11-13-34(29)39/h5,10-11,13-15,17-21,27-28,31,35,46H,4,6-9,12,16,22-25H2,1-3H3,(H,43,45,47)/b17-5+/t27-,28+,31-,35+,39-,40+,49?/m0/s1. The minimum absolute atomic E-state index is 0.0104. The summed E-state index contributed by atoms with van der Waals surface area (Å²) in [6.07, 6.45) is 11.7. The van der Waals surface area contributed by atoms with E-state index in [9.17, 15) is 14.1 Å². The van der Waals surface area contributed by atoms with Crippen LogP contribution in [0.1, 0.15) is 78.7 Å². The number of nitrogens with zero attached hydrogens (tertiary/aromatic N) is 2. The molecule has 260 valence electrons. The second-order valence-electron chi connectivity index (χ2n) is 15.2. The van der Waals surface area contributed by atoms with Gasteiger partial charge in [-0.15, -0.1) is 0 Å². The van der Waals surface area contributed by atoms with E-state index in [0.29, 0.717) is 38.1 Å². The van der Waals surface area contributed by atoms with Crippen LogP contribution < -0.4 is 14.4 Å². The molecule has 1 saturated carbocycles. The van der Waals surface area contributed by atoms with E-state index in [1.54, 1.807) is 6.07 Å². The molecule has 1 fully saturated rings. The third-order valence-corrected chi connectivity index (χ3v) is 14.3. The van der Waals surface area contributed by atoms with Crippen LogP contribution in [0.25, 0.3) is 0 Å². The number of allylic oxidation sites excluding steroid dienone is 1. The molecule has 1 amide bonds. The van der Waals surface area contributed by atoms with E-state index < -0.39 is 26.5 Å². The Labute approximate surface area is 296 Å². The third kappa shape index (κ3) is 6.64. The Morgan fingerprint density at radius 3 is 2.78 bits per heavy atom. The first-order valence-corrected chi connectivity index (χ1v) is 19.8. The Morgan fingerprint density at radius 1 is 1.16 bits per heavy atom. The normalized spacial score (nSPS) is 33.7. The number of hydrogen-bond acceptors (Lipinski definition) is 6. The Hall–Kier alpha value is -3.33. The van der Waals surface area contributed by atoms with Crippen molar-refractivity contribution >= 4 is 38.8 Å². The summed E-state index contributed by atoms with van der Waals surface area (Å²) in [5.41, 5.74) is 4.42. The lowest BCUT2D eigenvalue weighted by Gasteiger charge is -2.49. The number of halogens is 1. The number of pyridine rings is 1. The number of aliphatic hydroxyl groups is 1. The molecule has 2 aliphatic carbocycles. The molecule has 1 spiro atoms. The third-order valence-electron chi connectivity index (χ3n) is 11.8. The lowest BCUT2D eigenvalue weighted by atomic mass is 9.62. The number of ether oxygens (including phenoxy) is 1. The number of nitrogens with one attached hydrogen (secondary N) is 1. The van der Waals surface area contributed by atoms with Gasteiger partial charge in [0, 0.05) is 52.7 Å². The molecule has 0 saturated heterocycles. The Kier molecular flexibility index (Phi) is 9.12. The molecule has 3 aromatic rings. The fourth-order valence-electron chi connectivity index (χ4n) is 8.65. The van der Waals surface area contributed by atoms with Crippen LogP contribution in [-0.4, -0.2) is 56.6 Å². The van der Waals surface area contributed by atoms with Gasteiger partial charge in [0.15, 0.2) is 0 Å². The highest BCUT2D eigenvalue weighted by Crippen LogP contribution is 2.49. The van der Waals surface area contributed by atoms with Gasteiger partial charge in [-0.2, -0.15) is 0 Å². The van der Waals surface area contributed by atoms with Gasteiger partial charge in [-0.3, -0.25) is 14.5 Å². The average Bonchev–Trinajstić information content (AvgIpc) is 3.18. The SMILES string of the molecule is C=S1(=O)NC(=O)c2ccc3c(c2)N(C[C@@H]2CC[C@H]2[C@](O)(Cc2cc(C)ccn2)/C=C/C[C@H](C)[C@H]1C)C[C@@]1(CCCc2cc(Cl)ccc21)CO3. The van der Waals surface area contributed by atoms with Crippen LogP contribution in [0.2, 0.25) is 5.02 Å². The maximum absolute atomic E-state index is 13.9. The van der Waals surface area contributed by atoms with Crippen LogP contribution >= 0.6 is 11.6 Å². The number of anilines is 1. The first-order valence-electron chi connectivity index (χ1n) is 17.7. The fourth-order valence-corrected chi connectivity index (χ4v) is 10.3. The molecule has 4 aliphatic rings. The van der Waals surface area contributed by atoms with E-state index in [-0.39, 0.29) is 23.2 Å². The summed E-state index contributed by atoms with van der Waals surface area (Å²) in [4.78, 5) is 20.7. The molecule has 7 atom stereocenters. The lowest BCUT2D eigenvalue weighted by molar-refractivity contribution is -0.0452. The average molecular weight is 702 g/mol. The summed E-state index contributed by atoms with van der Waals surface area (Å²) in [6.45, 7) is 7.87. The highest BCUT2D eigenvalue weighted by atomic mass is 35.5. The number of aryl methyl sites for hydroxylation is 2. The Bertz CT molecular complexity index is 1900. The van der Waals surface area contributed by atoms with E-state index in [0.717, 1.165) is 59.8 Å². The number of benzene rings is 2. The van der Waals surface area contributed by atoms with E-state index in [1.807, 2.05) is 56.5 Å². The molecular formula is C40H48ClN3O4S. The predicted octanol–water partition coefficient (Wildman–Crippen LogP) is 6.86. The van der Waals surface area contributed by atoms with Crippen LogP contribution in [0.4, 0.5) is 5.69 Å². The van der Waals surface area contributed by atoms with Crippen LogP contribution in [0.5, 0.6) is 5.75 Å². The summed E-state index contributed by atoms with van der Waals surface area (Å²) in [6, 6.07) is 15.8. The largest absolute Gasteiger partial charge is 0.490 e. The minimum atomic E-state index is -2.99. The van der Waals surface area contributed by atoms with E-state index >= 15 is 0 Å². The number of hydrogen-bond donors (Lipinski definition) is 2. The highest BCUT2D eigenvalue weighted by Gasteiger charge is 2.48. The van der Waals surface area contributed by atoms with Crippen LogP contribution in [0.15, 0.2) is 66.9 Å². The van der Waals surface area contributed by atoms with Crippen molar-refractivity contribution < 1.29 is 18.8 Å². The topological polar surface area (TPSA) is 91.8 Å². The van der Waals surface area contributed by atoms with Crippen LogP contribution in [0, 0.1) is 24.7 Å². The smallest absolute Gasteiger partial charge is 0.262 e. The zero-order valence-corrected chi connectivity index (χ0v) is 30.4. The van der Waals surface area contributed by atoms with Gasteiger partial charge in [-0.05, 0) is 135 Å². The molecule has 49 heavy (non-hydrogen) atoms. The number of carbonyl (C=O) groups is 1. The van der Waals surface area contributed by atoms with Crippen molar-refractivity contribution in [1.29, 1.82) is 0 Å². The van der Waals surface area contributed by atoms with Crippen molar-refractivity contribution in [2.45, 2.75) is 82.0 Å². The first kappa shape index (κ1) is 34.1. The number of carbonyl (C=O) groups excluding carboxylic acids is 1. The molecule has 2 aromatic carbocycles. The predicted molar refractivity (Wildman–Crippen MR) is 199 cm³/mol. The van der Waals surface area contributed by atoms with Crippen LogP contribution in [-0.2, 0) is 28.0 Å². The zero-order chi connectivity index (χ0) is 34.6. The summed E-state index contributed by atoms with van der Waals surface area (Å²) >= 11 is 6.47. The van der Waals surface area contributed by atoms with Crippen molar-refractivity contribution in [3.05, 3.63) is 99.9 Å². The number of amides is 1. The van der Waals surface area contributed by atoms with Gasteiger partial charge in [0.1, 0.15) is 5.75 Å². The second-order valence-corrected chi connectivity index (χ2v) is 18.0. The minimum Gasteiger partial charge on any atom is -0.490 e. The summed E-state index contributed by atoms with van der Waals surface area (Å²) in [5.74, 6) is 4.50. The Balaban J connectivity index is 1.32. The number of aromatic nitrogens is 1. The molecule has 2 N–H and O–H groups in total. The molecule has 3 heterocycles. The summed E-state index contributed by atoms with van der Waals surface area (Å²) < 4.78 is 23.4. The van der Waals surface area contributed by atoms with Gasteiger partial charge < -0.3 is 14.7 Å². The van der Waals surface area contributed by atoms with Crippen molar-refractivity contribution in [2.24, 2.45) is 17.8 Å². The van der Waals surface area contributed by atoms with Gasteiger partial charge >= 0.3 is 0 Å². The van der Waals surface area contributed by atoms with E-state index in [1.165, 1.54) is 11.1 Å². The molecule has 7 nitrogen and oxygen atoms in total. The Morgan fingerprint density at radius 2 is 2.00 bits per heavy atom. The first-order chi connectivity index (χ1) is 23.4. The maximum atomic E-state index is 13.9. The molecule has 2 bridgehead atoms. The molecule has 2 aliphatic heterocycles. The molecule has 7 rings (SSSR count). The van der Waals surface area contributed by atoms with Gasteiger partial charge in [-0.25, -0.2) is 4.21 Å². The molecule has 1 aromatic heterocycles.